The molecular formula is C3H8NO3PS. The lowest BCUT2D eigenvalue weighted by atomic mass is 10.5. The van der Waals surface area contributed by atoms with E-state index in [1.54, 1.807) is 0 Å². The van der Waals surface area contributed by atoms with Crippen LogP contribution in [-0.4, -0.2) is 12.4 Å². The highest BCUT2D eigenvalue weighted by atomic mass is 32.2. The SMILES string of the molecule is NP1(=O)OCCCSO1. The van der Waals surface area contributed by atoms with Crippen LogP contribution in [-0.2, 0) is 13.1 Å². The van der Waals surface area contributed by atoms with E-state index in [2.05, 4.69) is 8.49 Å². The van der Waals surface area contributed by atoms with Crippen LogP contribution in [0.4, 0.5) is 0 Å². The summed E-state index contributed by atoms with van der Waals surface area (Å²) >= 11 is 1.11. The zero-order valence-electron chi connectivity index (χ0n) is 4.78. The van der Waals surface area contributed by atoms with Gasteiger partial charge in [0.15, 0.2) is 0 Å². The van der Waals surface area contributed by atoms with Crippen molar-refractivity contribution in [2.45, 2.75) is 6.42 Å². The summed E-state index contributed by atoms with van der Waals surface area (Å²) in [6, 6.07) is 0. The van der Waals surface area contributed by atoms with Gasteiger partial charge in [-0.15, -0.1) is 0 Å². The fourth-order valence-corrected chi connectivity index (χ4v) is 2.12. The normalized spacial score (nSPS) is 37.9. The van der Waals surface area contributed by atoms with Crippen LogP contribution in [0.5, 0.6) is 0 Å². The molecule has 0 bridgehead atoms. The van der Waals surface area contributed by atoms with E-state index in [4.69, 9.17) is 5.50 Å². The molecule has 1 atom stereocenters. The molecular weight excluding hydrogens is 161 g/mol. The summed E-state index contributed by atoms with van der Waals surface area (Å²) in [4.78, 5) is 0. The van der Waals surface area contributed by atoms with Gasteiger partial charge < -0.3 is 0 Å². The molecule has 0 saturated carbocycles. The van der Waals surface area contributed by atoms with Gasteiger partial charge in [0, 0.05) is 17.8 Å². The standard InChI is InChI=1S/C3H8NO3PS/c4-8(5)6-2-1-3-9-7-8/h1-3H2,(H2,4,5). The Morgan fingerprint density at radius 3 is 3.22 bits per heavy atom. The van der Waals surface area contributed by atoms with Crippen molar-refractivity contribution in [2.75, 3.05) is 12.4 Å². The third-order valence-corrected chi connectivity index (χ3v) is 3.05. The average molecular weight is 169 g/mol. The zero-order valence-corrected chi connectivity index (χ0v) is 6.49. The maximum Gasteiger partial charge on any atom is 0.413 e. The van der Waals surface area contributed by atoms with Crippen molar-refractivity contribution in [3.8, 4) is 0 Å². The van der Waals surface area contributed by atoms with Gasteiger partial charge in [0.25, 0.3) is 0 Å². The fraction of sp³-hybridized carbons (Fsp3) is 1.00. The van der Waals surface area contributed by atoms with Crippen molar-refractivity contribution in [3.63, 3.8) is 0 Å². The monoisotopic (exact) mass is 169 g/mol. The van der Waals surface area contributed by atoms with E-state index >= 15 is 0 Å². The Bertz CT molecular complexity index is 129. The summed E-state index contributed by atoms with van der Waals surface area (Å²) in [5, 5.41) is 0. The molecule has 1 saturated heterocycles. The minimum atomic E-state index is -3.17. The van der Waals surface area contributed by atoms with Gasteiger partial charge in [0.2, 0.25) is 0 Å². The third kappa shape index (κ3) is 2.69. The highest BCUT2D eigenvalue weighted by Crippen LogP contribution is 2.45. The van der Waals surface area contributed by atoms with Crippen molar-refractivity contribution >= 4 is 19.8 Å². The van der Waals surface area contributed by atoms with Crippen LogP contribution >= 0.6 is 19.8 Å². The molecule has 1 aliphatic heterocycles. The van der Waals surface area contributed by atoms with Crippen LogP contribution < -0.4 is 5.50 Å². The Kier molecular flexibility index (Phi) is 2.55. The van der Waals surface area contributed by atoms with E-state index < -0.39 is 7.75 Å². The molecule has 0 aromatic heterocycles. The second kappa shape index (κ2) is 3.03. The predicted octanol–water partition coefficient (Wildman–Crippen LogP) is 1.14. The predicted molar refractivity (Wildman–Crippen MR) is 35.9 cm³/mol. The first-order valence-electron chi connectivity index (χ1n) is 2.55. The first kappa shape index (κ1) is 7.57. The first-order valence-corrected chi connectivity index (χ1v) is 5.07. The largest absolute Gasteiger partial charge is 0.413 e. The lowest BCUT2D eigenvalue weighted by Gasteiger charge is -2.05. The van der Waals surface area contributed by atoms with Gasteiger partial charge in [-0.3, -0.25) is 4.52 Å². The minimum Gasteiger partial charge on any atom is -0.296 e. The van der Waals surface area contributed by atoms with E-state index in [-0.39, 0.29) is 0 Å². The Morgan fingerprint density at radius 1 is 1.67 bits per heavy atom. The molecule has 0 amide bonds. The molecule has 4 nitrogen and oxygen atoms in total. The maximum absolute atomic E-state index is 10.8. The molecule has 0 aromatic rings. The van der Waals surface area contributed by atoms with Gasteiger partial charge >= 0.3 is 7.75 Å². The van der Waals surface area contributed by atoms with E-state index in [9.17, 15) is 4.57 Å². The van der Waals surface area contributed by atoms with Crippen LogP contribution in [0.2, 0.25) is 0 Å². The van der Waals surface area contributed by atoms with Crippen molar-refractivity contribution < 1.29 is 13.1 Å². The molecule has 9 heavy (non-hydrogen) atoms. The lowest BCUT2D eigenvalue weighted by Crippen LogP contribution is -1.98. The molecule has 54 valence electrons. The third-order valence-electron chi connectivity index (χ3n) is 0.800. The molecule has 1 aliphatic rings. The van der Waals surface area contributed by atoms with Crippen molar-refractivity contribution in [2.24, 2.45) is 5.50 Å². The quantitative estimate of drug-likeness (QED) is 0.435. The average Bonchev–Trinajstić information content (AvgIpc) is 1.92. The van der Waals surface area contributed by atoms with E-state index in [0.29, 0.717) is 6.61 Å². The molecule has 2 N–H and O–H groups in total. The smallest absolute Gasteiger partial charge is 0.296 e. The Labute approximate surface area is 57.9 Å². The summed E-state index contributed by atoms with van der Waals surface area (Å²) in [5.41, 5.74) is 5.07. The second-order valence-corrected chi connectivity index (χ2v) is 4.20. The highest BCUT2D eigenvalue weighted by Gasteiger charge is 2.20. The van der Waals surface area contributed by atoms with Crippen molar-refractivity contribution in [3.05, 3.63) is 0 Å². The summed E-state index contributed by atoms with van der Waals surface area (Å²) in [6.45, 7) is 0.431. The van der Waals surface area contributed by atoms with Gasteiger partial charge in [-0.05, 0) is 6.42 Å². The van der Waals surface area contributed by atoms with E-state index in [1.165, 1.54) is 0 Å². The number of hydrogen-bond acceptors (Lipinski definition) is 4. The van der Waals surface area contributed by atoms with Gasteiger partial charge in [0.05, 0.1) is 6.61 Å². The number of hydrogen-bond donors (Lipinski definition) is 1. The van der Waals surface area contributed by atoms with Crippen LogP contribution in [0.3, 0.4) is 0 Å². The Hall–Kier alpha value is 0.460. The zero-order chi connectivity index (χ0) is 6.74. The van der Waals surface area contributed by atoms with E-state index in [1.807, 2.05) is 0 Å². The number of rotatable bonds is 0. The fourth-order valence-electron chi connectivity index (χ4n) is 0.442. The maximum atomic E-state index is 10.8. The molecule has 0 aromatic carbocycles. The van der Waals surface area contributed by atoms with Gasteiger partial charge in [-0.1, -0.05) is 0 Å². The second-order valence-electron chi connectivity index (χ2n) is 1.62. The number of nitrogens with two attached hydrogens (primary N) is 1. The van der Waals surface area contributed by atoms with Crippen LogP contribution in [0.25, 0.3) is 0 Å². The van der Waals surface area contributed by atoms with Crippen LogP contribution in [0, 0.1) is 0 Å². The highest BCUT2D eigenvalue weighted by molar-refractivity contribution is 7.98. The Morgan fingerprint density at radius 2 is 2.44 bits per heavy atom. The molecule has 1 heterocycles. The minimum absolute atomic E-state index is 0.431. The van der Waals surface area contributed by atoms with Gasteiger partial charge in [-0.2, -0.15) is 0 Å². The topological polar surface area (TPSA) is 61.6 Å². The van der Waals surface area contributed by atoms with E-state index in [0.717, 1.165) is 24.2 Å². The molecule has 0 spiro atoms. The molecule has 1 fully saturated rings. The Balaban J connectivity index is 2.45. The lowest BCUT2D eigenvalue weighted by molar-refractivity contribution is 0.283. The molecule has 0 aliphatic carbocycles. The summed E-state index contributed by atoms with van der Waals surface area (Å²) in [7, 11) is -3.17. The first-order chi connectivity index (χ1) is 4.21. The van der Waals surface area contributed by atoms with Crippen LogP contribution in [0.1, 0.15) is 6.42 Å². The molecule has 1 unspecified atom stereocenters. The summed E-state index contributed by atoms with van der Waals surface area (Å²) in [5.74, 6) is 0.793. The molecule has 1 rings (SSSR count). The van der Waals surface area contributed by atoms with Crippen molar-refractivity contribution in [1.29, 1.82) is 0 Å². The summed E-state index contributed by atoms with van der Waals surface area (Å²) < 4.78 is 20.1. The van der Waals surface area contributed by atoms with Crippen LogP contribution in [0.15, 0.2) is 0 Å². The van der Waals surface area contributed by atoms with Crippen molar-refractivity contribution in [1.82, 2.24) is 0 Å². The molecule has 0 radical (unpaired) electrons. The molecule has 6 heteroatoms. The summed E-state index contributed by atoms with van der Waals surface area (Å²) in [6.07, 6.45) is 0.839. The van der Waals surface area contributed by atoms with Gasteiger partial charge in [-0.25, -0.2) is 14.0 Å². The van der Waals surface area contributed by atoms with Gasteiger partial charge in [0.1, 0.15) is 0 Å².